The van der Waals surface area contributed by atoms with Gasteiger partial charge >= 0.3 is 6.09 Å². The number of hydrogen-bond donors (Lipinski definition) is 2. The molecule has 2 saturated heterocycles. The molecule has 0 spiro atoms. The number of carbonyl (C=O) groups excluding carboxylic acids is 2. The summed E-state index contributed by atoms with van der Waals surface area (Å²) in [6, 6.07) is 2.65. The van der Waals surface area contributed by atoms with Crippen LogP contribution in [0.5, 0.6) is 11.8 Å². The van der Waals surface area contributed by atoms with Gasteiger partial charge in [-0.2, -0.15) is 0 Å². The van der Waals surface area contributed by atoms with E-state index in [1.807, 2.05) is 4.90 Å². The normalized spacial score (nSPS) is 19.7. The summed E-state index contributed by atoms with van der Waals surface area (Å²) in [6.07, 6.45) is 2.32. The molecule has 3 heterocycles. The van der Waals surface area contributed by atoms with Gasteiger partial charge in [-0.1, -0.05) is 0 Å². The van der Waals surface area contributed by atoms with E-state index in [0.717, 1.165) is 13.0 Å². The number of hydrogen-bond acceptors (Lipinski definition) is 5. The van der Waals surface area contributed by atoms with Crippen LogP contribution in [0.4, 0.5) is 4.79 Å². The van der Waals surface area contributed by atoms with Crippen molar-refractivity contribution in [3.05, 3.63) is 12.1 Å². The highest BCUT2D eigenvalue weighted by Gasteiger charge is 2.32. The quantitative estimate of drug-likeness (QED) is 0.831. The van der Waals surface area contributed by atoms with Gasteiger partial charge < -0.3 is 24.9 Å². The van der Waals surface area contributed by atoms with Crippen molar-refractivity contribution in [3.8, 4) is 11.8 Å². The standard InChI is InChI=1S/C14H19N3O5/c18-11-2-1-7-16(11)10-5-8-15(9-6-10)14(21)22-17-12(19)3-4-13(17)20/h3-4,10,19-20H,1-2,5-9H2. The van der Waals surface area contributed by atoms with E-state index in [-0.39, 0.29) is 23.7 Å². The van der Waals surface area contributed by atoms with Gasteiger partial charge in [0.15, 0.2) is 0 Å². The molecule has 1 aromatic rings. The Labute approximate surface area is 127 Å². The fraction of sp³-hybridized carbons (Fsp3) is 0.571. The Balaban J connectivity index is 1.55. The molecule has 0 radical (unpaired) electrons. The van der Waals surface area contributed by atoms with Crippen LogP contribution in [0.15, 0.2) is 12.1 Å². The monoisotopic (exact) mass is 309 g/mol. The lowest BCUT2D eigenvalue weighted by atomic mass is 10.0. The molecule has 0 unspecified atom stereocenters. The van der Waals surface area contributed by atoms with Crippen molar-refractivity contribution < 1.29 is 24.6 Å². The first-order valence-corrected chi connectivity index (χ1v) is 7.42. The van der Waals surface area contributed by atoms with Crippen LogP contribution in [-0.4, -0.2) is 62.4 Å². The van der Waals surface area contributed by atoms with Crippen molar-refractivity contribution in [3.63, 3.8) is 0 Å². The molecular formula is C14H19N3O5. The largest absolute Gasteiger partial charge is 0.492 e. The lowest BCUT2D eigenvalue weighted by Crippen LogP contribution is -2.48. The molecule has 0 bridgehead atoms. The Morgan fingerprint density at radius 3 is 2.32 bits per heavy atom. The molecule has 2 aliphatic rings. The second-order valence-corrected chi connectivity index (χ2v) is 5.61. The molecule has 120 valence electrons. The topological polar surface area (TPSA) is 95.2 Å². The van der Waals surface area contributed by atoms with E-state index >= 15 is 0 Å². The summed E-state index contributed by atoms with van der Waals surface area (Å²) in [5.74, 6) is -0.491. The van der Waals surface area contributed by atoms with Gasteiger partial charge in [-0.15, -0.1) is 4.73 Å². The van der Waals surface area contributed by atoms with Gasteiger partial charge in [-0.05, 0) is 19.3 Å². The van der Waals surface area contributed by atoms with E-state index in [0.29, 0.717) is 37.1 Å². The third-order valence-electron chi connectivity index (χ3n) is 4.24. The van der Waals surface area contributed by atoms with Crippen molar-refractivity contribution in [2.24, 2.45) is 0 Å². The van der Waals surface area contributed by atoms with Gasteiger partial charge in [-0.25, -0.2) is 4.79 Å². The summed E-state index contributed by atoms with van der Waals surface area (Å²) in [7, 11) is 0. The zero-order valence-electron chi connectivity index (χ0n) is 12.1. The molecule has 2 N–H and O–H groups in total. The number of nitrogens with zero attached hydrogens (tertiary/aromatic N) is 3. The summed E-state index contributed by atoms with van der Waals surface area (Å²) in [4.78, 5) is 32.2. The van der Waals surface area contributed by atoms with E-state index in [4.69, 9.17) is 4.84 Å². The number of carbonyl (C=O) groups is 2. The van der Waals surface area contributed by atoms with Gasteiger partial charge in [0.25, 0.3) is 0 Å². The molecule has 0 aromatic carbocycles. The maximum Gasteiger partial charge on any atom is 0.434 e. The molecule has 8 heteroatoms. The summed E-state index contributed by atoms with van der Waals surface area (Å²) in [5.41, 5.74) is 0. The minimum absolute atomic E-state index is 0.187. The Hall–Kier alpha value is -2.38. The van der Waals surface area contributed by atoms with Crippen LogP contribution >= 0.6 is 0 Å². The molecule has 0 atom stereocenters. The van der Waals surface area contributed by atoms with E-state index in [9.17, 15) is 19.8 Å². The number of likely N-dealkylation sites (tertiary alicyclic amines) is 2. The molecule has 22 heavy (non-hydrogen) atoms. The fourth-order valence-electron chi connectivity index (χ4n) is 3.05. The Kier molecular flexibility index (Phi) is 3.82. The molecule has 1 aromatic heterocycles. The number of rotatable bonds is 2. The second kappa shape index (κ2) is 5.78. The lowest BCUT2D eigenvalue weighted by Gasteiger charge is -2.36. The van der Waals surface area contributed by atoms with E-state index in [1.54, 1.807) is 0 Å². The van der Waals surface area contributed by atoms with Crippen LogP contribution < -0.4 is 4.84 Å². The number of piperidine rings is 1. The highest BCUT2D eigenvalue weighted by molar-refractivity contribution is 5.78. The van der Waals surface area contributed by atoms with Crippen LogP contribution in [0.25, 0.3) is 0 Å². The van der Waals surface area contributed by atoms with Gasteiger partial charge in [-0.3, -0.25) is 4.79 Å². The molecular weight excluding hydrogens is 290 g/mol. The van der Waals surface area contributed by atoms with Crippen molar-refractivity contribution in [2.75, 3.05) is 19.6 Å². The van der Waals surface area contributed by atoms with Crippen LogP contribution in [0.3, 0.4) is 0 Å². The lowest BCUT2D eigenvalue weighted by molar-refractivity contribution is -0.130. The number of aromatic hydroxyl groups is 2. The van der Waals surface area contributed by atoms with Gasteiger partial charge in [0.05, 0.1) is 0 Å². The molecule has 2 amide bonds. The molecule has 2 fully saturated rings. The SMILES string of the molecule is O=C(On1c(O)ccc1O)N1CCC(N2CCCC2=O)CC1. The zero-order chi connectivity index (χ0) is 15.7. The minimum Gasteiger partial charge on any atom is -0.492 e. The van der Waals surface area contributed by atoms with E-state index in [1.165, 1.54) is 17.0 Å². The second-order valence-electron chi connectivity index (χ2n) is 5.61. The number of amides is 2. The molecule has 0 saturated carbocycles. The molecule has 0 aliphatic carbocycles. The van der Waals surface area contributed by atoms with Gasteiger partial charge in [0.1, 0.15) is 0 Å². The highest BCUT2D eigenvalue weighted by atomic mass is 16.7. The van der Waals surface area contributed by atoms with E-state index in [2.05, 4.69) is 0 Å². The third-order valence-corrected chi connectivity index (χ3v) is 4.24. The molecule has 3 rings (SSSR count). The first-order chi connectivity index (χ1) is 10.6. The first kappa shape index (κ1) is 14.6. The summed E-state index contributed by atoms with van der Waals surface area (Å²) in [5, 5.41) is 18.9. The van der Waals surface area contributed by atoms with Crippen molar-refractivity contribution in [1.29, 1.82) is 0 Å². The maximum absolute atomic E-state index is 12.0. The maximum atomic E-state index is 12.0. The Morgan fingerprint density at radius 2 is 1.77 bits per heavy atom. The number of aromatic nitrogens is 1. The first-order valence-electron chi connectivity index (χ1n) is 7.42. The van der Waals surface area contributed by atoms with Crippen LogP contribution in [0, 0.1) is 0 Å². The summed E-state index contributed by atoms with van der Waals surface area (Å²) < 4.78 is 0.679. The molecule has 2 aliphatic heterocycles. The minimum atomic E-state index is -0.631. The van der Waals surface area contributed by atoms with Crippen LogP contribution in [-0.2, 0) is 4.79 Å². The third kappa shape index (κ3) is 2.68. The van der Waals surface area contributed by atoms with Gasteiger partial charge in [0, 0.05) is 44.2 Å². The zero-order valence-corrected chi connectivity index (χ0v) is 12.1. The fourth-order valence-corrected chi connectivity index (χ4v) is 3.05. The molecule has 8 nitrogen and oxygen atoms in total. The predicted octanol–water partition coefficient (Wildman–Crippen LogP) is 0.535. The summed E-state index contributed by atoms with van der Waals surface area (Å²) >= 11 is 0. The predicted molar refractivity (Wildman–Crippen MR) is 75.3 cm³/mol. The van der Waals surface area contributed by atoms with Crippen molar-refractivity contribution in [2.45, 2.75) is 31.7 Å². The van der Waals surface area contributed by atoms with Gasteiger partial charge in [0.2, 0.25) is 17.7 Å². The average Bonchev–Trinajstić information content (AvgIpc) is 3.08. The summed E-state index contributed by atoms with van der Waals surface area (Å²) in [6.45, 7) is 1.77. The van der Waals surface area contributed by atoms with Crippen LogP contribution in [0.1, 0.15) is 25.7 Å². The van der Waals surface area contributed by atoms with E-state index < -0.39 is 6.09 Å². The smallest absolute Gasteiger partial charge is 0.434 e. The van der Waals surface area contributed by atoms with Crippen molar-refractivity contribution in [1.82, 2.24) is 14.5 Å². The highest BCUT2D eigenvalue weighted by Crippen LogP contribution is 2.23. The van der Waals surface area contributed by atoms with Crippen molar-refractivity contribution >= 4 is 12.0 Å². The average molecular weight is 309 g/mol. The van der Waals surface area contributed by atoms with Crippen LogP contribution in [0.2, 0.25) is 0 Å². The Bertz CT molecular complexity index is 558. The Morgan fingerprint density at radius 1 is 1.14 bits per heavy atom.